The van der Waals surface area contributed by atoms with Crippen molar-refractivity contribution in [3.8, 4) is 5.75 Å². The molecule has 2 heterocycles. The van der Waals surface area contributed by atoms with E-state index in [-0.39, 0.29) is 18.3 Å². The number of rotatable bonds is 4. The molecule has 1 aromatic rings. The lowest BCUT2D eigenvalue weighted by molar-refractivity contribution is 0.0923. The van der Waals surface area contributed by atoms with E-state index in [1.807, 2.05) is 31.2 Å². The van der Waals surface area contributed by atoms with Gasteiger partial charge in [-0.2, -0.15) is 0 Å². The summed E-state index contributed by atoms with van der Waals surface area (Å²) in [6, 6.07) is 8.89. The fraction of sp³-hybridized carbons (Fsp3) is 0.562. The van der Waals surface area contributed by atoms with Crippen molar-refractivity contribution in [3.63, 3.8) is 0 Å². The fourth-order valence-electron chi connectivity index (χ4n) is 3.34. The molecule has 5 heteroatoms. The van der Waals surface area contributed by atoms with Gasteiger partial charge in [0.05, 0.1) is 6.61 Å². The van der Waals surface area contributed by atoms with Gasteiger partial charge in [0.25, 0.3) is 5.91 Å². The lowest BCUT2D eigenvalue weighted by Crippen LogP contribution is -2.48. The van der Waals surface area contributed by atoms with Gasteiger partial charge >= 0.3 is 0 Å². The van der Waals surface area contributed by atoms with E-state index in [4.69, 9.17) is 4.74 Å². The Kier molecular flexibility index (Phi) is 5.48. The lowest BCUT2D eigenvalue weighted by Gasteiger charge is -2.29. The first kappa shape index (κ1) is 16.1. The van der Waals surface area contributed by atoms with Crippen molar-refractivity contribution in [2.24, 2.45) is 0 Å². The summed E-state index contributed by atoms with van der Waals surface area (Å²) in [5.74, 6) is 0.767. The van der Waals surface area contributed by atoms with Gasteiger partial charge in [0.2, 0.25) is 0 Å². The maximum absolute atomic E-state index is 12.3. The highest BCUT2D eigenvalue weighted by molar-refractivity contribution is 5.94. The van der Waals surface area contributed by atoms with Crippen molar-refractivity contribution < 1.29 is 9.53 Å². The molecule has 1 aromatic carbocycles. The van der Waals surface area contributed by atoms with Crippen LogP contribution in [0.5, 0.6) is 5.75 Å². The Hall–Kier alpha value is -1.26. The zero-order valence-electron chi connectivity index (χ0n) is 12.3. The minimum absolute atomic E-state index is 0. The third kappa shape index (κ3) is 3.89. The quantitative estimate of drug-likeness (QED) is 0.898. The maximum Gasteiger partial charge on any atom is 0.251 e. The van der Waals surface area contributed by atoms with Crippen molar-refractivity contribution in [2.75, 3.05) is 6.61 Å². The average molecular weight is 311 g/mol. The summed E-state index contributed by atoms with van der Waals surface area (Å²) in [6.45, 7) is 2.56. The molecule has 2 aliphatic rings. The Morgan fingerprint density at radius 1 is 1.33 bits per heavy atom. The number of nitrogens with one attached hydrogen (secondary N) is 2. The van der Waals surface area contributed by atoms with Gasteiger partial charge in [-0.25, -0.2) is 0 Å². The molecule has 0 aromatic heterocycles. The van der Waals surface area contributed by atoms with Gasteiger partial charge in [0, 0.05) is 23.7 Å². The van der Waals surface area contributed by atoms with Gasteiger partial charge in [-0.1, -0.05) is 6.07 Å². The molecule has 2 unspecified atom stereocenters. The topological polar surface area (TPSA) is 50.4 Å². The zero-order chi connectivity index (χ0) is 13.9. The summed E-state index contributed by atoms with van der Waals surface area (Å²) in [5, 5.41) is 6.76. The summed E-state index contributed by atoms with van der Waals surface area (Å²) in [7, 11) is 0. The highest BCUT2D eigenvalue weighted by Gasteiger charge is 2.34. The summed E-state index contributed by atoms with van der Waals surface area (Å²) in [5.41, 5.74) is 0.682. The summed E-state index contributed by atoms with van der Waals surface area (Å²) >= 11 is 0. The van der Waals surface area contributed by atoms with Crippen LogP contribution in [0.2, 0.25) is 0 Å². The molecular formula is C16H23ClN2O2. The molecule has 0 radical (unpaired) electrons. The Bertz CT molecular complexity index is 483. The number of piperidine rings is 1. The monoisotopic (exact) mass is 310 g/mol. The van der Waals surface area contributed by atoms with Crippen molar-refractivity contribution >= 4 is 18.3 Å². The van der Waals surface area contributed by atoms with Crippen LogP contribution < -0.4 is 15.4 Å². The largest absolute Gasteiger partial charge is 0.494 e. The van der Waals surface area contributed by atoms with Gasteiger partial charge in [-0.15, -0.1) is 12.4 Å². The SMILES string of the molecule is CCOc1cccc(C(=O)NC2CC3CCC(C2)N3)c1.Cl. The van der Waals surface area contributed by atoms with Crippen LogP contribution in [0.4, 0.5) is 0 Å². The number of hydrogen-bond donors (Lipinski definition) is 2. The lowest BCUT2D eigenvalue weighted by atomic mass is 9.99. The van der Waals surface area contributed by atoms with Crippen LogP contribution >= 0.6 is 12.4 Å². The van der Waals surface area contributed by atoms with E-state index in [9.17, 15) is 4.79 Å². The average Bonchev–Trinajstić information content (AvgIpc) is 2.79. The van der Waals surface area contributed by atoms with Crippen LogP contribution in [-0.2, 0) is 0 Å². The predicted molar refractivity (Wildman–Crippen MR) is 85.3 cm³/mol. The molecule has 4 nitrogen and oxygen atoms in total. The predicted octanol–water partition coefficient (Wildman–Crippen LogP) is 2.52. The Morgan fingerprint density at radius 3 is 2.71 bits per heavy atom. The number of hydrogen-bond acceptors (Lipinski definition) is 3. The molecule has 2 saturated heterocycles. The summed E-state index contributed by atoms with van der Waals surface area (Å²) in [4.78, 5) is 12.3. The Morgan fingerprint density at radius 2 is 2.05 bits per heavy atom. The normalized spacial score (nSPS) is 26.8. The highest BCUT2D eigenvalue weighted by atomic mass is 35.5. The van der Waals surface area contributed by atoms with Crippen molar-refractivity contribution in [1.82, 2.24) is 10.6 Å². The molecular weight excluding hydrogens is 288 g/mol. The van der Waals surface area contributed by atoms with E-state index in [0.717, 1.165) is 18.6 Å². The third-order valence-corrected chi connectivity index (χ3v) is 4.22. The number of benzene rings is 1. The smallest absolute Gasteiger partial charge is 0.251 e. The molecule has 2 bridgehead atoms. The minimum Gasteiger partial charge on any atom is -0.494 e. The molecule has 2 fully saturated rings. The van der Waals surface area contributed by atoms with Crippen LogP contribution in [0.15, 0.2) is 24.3 Å². The zero-order valence-corrected chi connectivity index (χ0v) is 13.1. The van der Waals surface area contributed by atoms with Crippen molar-refractivity contribution in [2.45, 2.75) is 50.7 Å². The number of carbonyl (C=O) groups is 1. The second-order valence-corrected chi connectivity index (χ2v) is 5.74. The molecule has 1 amide bonds. The third-order valence-electron chi connectivity index (χ3n) is 4.22. The molecule has 2 atom stereocenters. The van der Waals surface area contributed by atoms with E-state index >= 15 is 0 Å². The van der Waals surface area contributed by atoms with Crippen molar-refractivity contribution in [3.05, 3.63) is 29.8 Å². The number of carbonyl (C=O) groups excluding carboxylic acids is 1. The van der Waals surface area contributed by atoms with E-state index in [2.05, 4.69) is 10.6 Å². The van der Waals surface area contributed by atoms with E-state index in [1.165, 1.54) is 12.8 Å². The maximum atomic E-state index is 12.3. The molecule has 3 rings (SSSR count). The minimum atomic E-state index is 0. The fourth-order valence-corrected chi connectivity index (χ4v) is 3.34. The van der Waals surface area contributed by atoms with Gasteiger partial charge < -0.3 is 15.4 Å². The Labute approximate surface area is 132 Å². The molecule has 2 N–H and O–H groups in total. The van der Waals surface area contributed by atoms with E-state index < -0.39 is 0 Å². The number of ether oxygens (including phenoxy) is 1. The van der Waals surface area contributed by atoms with Gasteiger partial charge in [-0.05, 0) is 50.8 Å². The Balaban J connectivity index is 0.00000161. The number of amides is 1. The second-order valence-electron chi connectivity index (χ2n) is 5.74. The van der Waals surface area contributed by atoms with Crippen LogP contribution in [-0.4, -0.2) is 30.6 Å². The molecule has 21 heavy (non-hydrogen) atoms. The first-order valence-electron chi connectivity index (χ1n) is 7.54. The molecule has 116 valence electrons. The van der Waals surface area contributed by atoms with Gasteiger partial charge in [0.1, 0.15) is 5.75 Å². The first-order chi connectivity index (χ1) is 9.74. The number of halogens is 1. The van der Waals surface area contributed by atoms with Crippen LogP contribution in [0.3, 0.4) is 0 Å². The first-order valence-corrected chi connectivity index (χ1v) is 7.54. The van der Waals surface area contributed by atoms with E-state index in [0.29, 0.717) is 30.3 Å². The molecule has 2 aliphatic heterocycles. The molecule has 0 aliphatic carbocycles. The standard InChI is InChI=1S/C16H22N2O2.ClH/c1-2-20-15-5-3-4-11(8-15)16(19)18-14-9-12-6-7-13(10-14)17-12;/h3-5,8,12-14,17H,2,6-7,9-10H2,1H3,(H,18,19);1H. The molecule has 0 spiro atoms. The van der Waals surface area contributed by atoms with Gasteiger partial charge in [0.15, 0.2) is 0 Å². The molecule has 0 saturated carbocycles. The summed E-state index contributed by atoms with van der Waals surface area (Å²) in [6.07, 6.45) is 4.59. The number of fused-ring (bicyclic) bond motifs is 2. The summed E-state index contributed by atoms with van der Waals surface area (Å²) < 4.78 is 5.44. The van der Waals surface area contributed by atoms with E-state index in [1.54, 1.807) is 0 Å². The second kappa shape index (κ2) is 7.14. The van der Waals surface area contributed by atoms with Gasteiger partial charge in [-0.3, -0.25) is 4.79 Å². The van der Waals surface area contributed by atoms with Crippen LogP contribution in [0.1, 0.15) is 43.0 Å². The van der Waals surface area contributed by atoms with Crippen LogP contribution in [0.25, 0.3) is 0 Å². The van der Waals surface area contributed by atoms with Crippen molar-refractivity contribution in [1.29, 1.82) is 0 Å². The van der Waals surface area contributed by atoms with Crippen LogP contribution in [0, 0.1) is 0 Å². The highest BCUT2D eigenvalue weighted by Crippen LogP contribution is 2.27.